The summed E-state index contributed by atoms with van der Waals surface area (Å²) in [7, 11) is 2.96. The summed E-state index contributed by atoms with van der Waals surface area (Å²) >= 11 is 2.63. The van der Waals surface area contributed by atoms with Crippen molar-refractivity contribution in [3.63, 3.8) is 0 Å². The second kappa shape index (κ2) is 9.68. The van der Waals surface area contributed by atoms with Crippen molar-refractivity contribution in [2.24, 2.45) is 12.2 Å². The Morgan fingerprint density at radius 1 is 1.44 bits per heavy atom. The molecule has 0 saturated carbocycles. The van der Waals surface area contributed by atoms with E-state index in [2.05, 4.69) is 31.0 Å². The number of hydrogen-bond donors (Lipinski definition) is 3. The first-order valence-electron chi connectivity index (χ1n) is 9.71. The van der Waals surface area contributed by atoms with Crippen molar-refractivity contribution in [1.29, 1.82) is 0 Å². The minimum absolute atomic E-state index is 0.0876. The average molecular weight is 506 g/mol. The Kier molecular flexibility index (Phi) is 6.69. The number of carboxylic acid groups (broad SMARTS) is 1. The third kappa shape index (κ3) is 4.41. The highest BCUT2D eigenvalue weighted by molar-refractivity contribution is 8.01. The van der Waals surface area contributed by atoms with E-state index in [1.54, 1.807) is 13.1 Å². The van der Waals surface area contributed by atoms with Crippen LogP contribution >= 0.6 is 23.5 Å². The van der Waals surface area contributed by atoms with Crippen LogP contribution in [0.3, 0.4) is 0 Å². The number of amides is 2. The number of nitrogens with one attached hydrogen (secondary N) is 1. The van der Waals surface area contributed by atoms with Crippen molar-refractivity contribution < 1.29 is 24.3 Å². The van der Waals surface area contributed by atoms with Crippen molar-refractivity contribution in [1.82, 2.24) is 35.4 Å². The standard InChI is InChI=1S/C18H19N9O5S2/c1-26-18(22-24-25-26)34-7-9-6-33-16-12(15(29)27(16)13(9)17(30)31)21-14(28)11(23-32-2)8-3-4-10(19)20-5-8/h3-5,12,16H,6-7H2,1-2H3,(H2,19,20)(H,21,28)(H,30,31)/t12?,16-/m0/s1. The zero-order valence-electron chi connectivity index (χ0n) is 17.9. The van der Waals surface area contributed by atoms with Crippen molar-refractivity contribution in [2.75, 3.05) is 24.3 Å². The average Bonchev–Trinajstić information content (AvgIpc) is 3.23. The highest BCUT2D eigenvalue weighted by atomic mass is 32.2. The number of pyridine rings is 1. The zero-order chi connectivity index (χ0) is 24.4. The van der Waals surface area contributed by atoms with Gasteiger partial charge in [-0.25, -0.2) is 14.5 Å². The van der Waals surface area contributed by atoms with E-state index < -0.39 is 29.2 Å². The van der Waals surface area contributed by atoms with Gasteiger partial charge in [0.05, 0.1) is 0 Å². The van der Waals surface area contributed by atoms with Crippen LogP contribution in [-0.2, 0) is 26.3 Å². The molecule has 2 aromatic heterocycles. The number of aromatic nitrogens is 5. The molecule has 16 heteroatoms. The van der Waals surface area contributed by atoms with Crippen LogP contribution in [0.25, 0.3) is 0 Å². The molecule has 178 valence electrons. The number of aryl methyl sites for hydroxylation is 1. The minimum atomic E-state index is -1.22. The molecule has 4 rings (SSSR count). The molecule has 2 aromatic rings. The number of oxime groups is 1. The molecule has 0 aromatic carbocycles. The molecule has 0 aliphatic carbocycles. The Morgan fingerprint density at radius 3 is 2.85 bits per heavy atom. The third-order valence-corrected chi connectivity index (χ3v) is 7.39. The maximum atomic E-state index is 12.9. The van der Waals surface area contributed by atoms with Gasteiger partial charge in [-0.05, 0) is 28.1 Å². The van der Waals surface area contributed by atoms with Crippen molar-refractivity contribution >= 4 is 52.8 Å². The lowest BCUT2D eigenvalue weighted by Crippen LogP contribution is -2.71. The molecule has 0 bridgehead atoms. The summed E-state index contributed by atoms with van der Waals surface area (Å²) in [5.41, 5.74) is 6.31. The fraction of sp³-hybridized carbons (Fsp3) is 0.333. The monoisotopic (exact) mass is 505 g/mol. The number of nitrogens with zero attached hydrogens (tertiary/aromatic N) is 7. The van der Waals surface area contributed by atoms with E-state index in [0.717, 1.165) is 0 Å². The quantitative estimate of drug-likeness (QED) is 0.173. The molecule has 34 heavy (non-hydrogen) atoms. The number of anilines is 1. The molecule has 2 aliphatic rings. The predicted molar refractivity (Wildman–Crippen MR) is 121 cm³/mol. The van der Waals surface area contributed by atoms with E-state index in [1.165, 1.54) is 52.5 Å². The normalized spacial score (nSPS) is 20.0. The highest BCUT2D eigenvalue weighted by Crippen LogP contribution is 2.41. The zero-order valence-corrected chi connectivity index (χ0v) is 19.5. The number of fused-ring (bicyclic) bond motifs is 1. The molecule has 4 heterocycles. The number of tetrazole rings is 1. The topological polar surface area (TPSA) is 191 Å². The number of nitrogen functional groups attached to an aromatic ring is 1. The first-order chi connectivity index (χ1) is 16.3. The van der Waals surface area contributed by atoms with Gasteiger partial charge in [0.2, 0.25) is 5.16 Å². The van der Waals surface area contributed by atoms with Crippen LogP contribution in [-0.4, -0.2) is 88.7 Å². The fourth-order valence-corrected chi connectivity index (χ4v) is 5.70. The van der Waals surface area contributed by atoms with Gasteiger partial charge < -0.3 is 21.0 Å². The van der Waals surface area contributed by atoms with Gasteiger partial charge in [0.15, 0.2) is 5.71 Å². The molecule has 1 fully saturated rings. The predicted octanol–water partition coefficient (Wildman–Crippen LogP) is -0.931. The van der Waals surface area contributed by atoms with Crippen LogP contribution in [0.1, 0.15) is 5.56 Å². The summed E-state index contributed by atoms with van der Waals surface area (Å²) < 4.78 is 1.47. The van der Waals surface area contributed by atoms with Crippen LogP contribution in [0.2, 0.25) is 0 Å². The molecular formula is C18H19N9O5S2. The second-order valence-corrected chi connectivity index (χ2v) is 9.13. The van der Waals surface area contributed by atoms with E-state index in [1.807, 2.05) is 0 Å². The van der Waals surface area contributed by atoms with Crippen LogP contribution in [0.4, 0.5) is 5.82 Å². The second-order valence-electron chi connectivity index (χ2n) is 7.09. The van der Waals surface area contributed by atoms with Crippen molar-refractivity contribution in [3.05, 3.63) is 35.2 Å². The Bertz CT molecular complexity index is 1200. The maximum absolute atomic E-state index is 12.9. The van der Waals surface area contributed by atoms with Crippen molar-refractivity contribution in [3.8, 4) is 0 Å². The van der Waals surface area contributed by atoms with Crippen LogP contribution in [0, 0.1) is 0 Å². The number of carbonyl (C=O) groups is 3. The summed E-state index contributed by atoms with van der Waals surface area (Å²) in [6.45, 7) is 0. The van der Waals surface area contributed by atoms with Gasteiger partial charge in [-0.2, -0.15) is 0 Å². The molecule has 14 nitrogen and oxygen atoms in total. The van der Waals surface area contributed by atoms with Gasteiger partial charge in [0, 0.05) is 30.3 Å². The van der Waals surface area contributed by atoms with Gasteiger partial charge in [-0.3, -0.25) is 14.5 Å². The Morgan fingerprint density at radius 2 is 2.24 bits per heavy atom. The lowest BCUT2D eigenvalue weighted by molar-refractivity contribution is -0.150. The number of β-lactam (4-membered cyclic amide) rings is 1. The third-order valence-electron chi connectivity index (χ3n) is 4.95. The Balaban J connectivity index is 1.49. The van der Waals surface area contributed by atoms with E-state index in [0.29, 0.717) is 27.8 Å². The summed E-state index contributed by atoms with van der Waals surface area (Å²) in [6, 6.07) is 2.13. The molecule has 2 amide bonds. The summed E-state index contributed by atoms with van der Waals surface area (Å²) in [5.74, 6) is -1.49. The number of hydrogen-bond acceptors (Lipinski definition) is 12. The molecule has 4 N–H and O–H groups in total. The summed E-state index contributed by atoms with van der Waals surface area (Å²) in [6.07, 6.45) is 1.36. The van der Waals surface area contributed by atoms with E-state index in [-0.39, 0.29) is 17.2 Å². The molecule has 1 unspecified atom stereocenters. The van der Waals surface area contributed by atoms with Gasteiger partial charge in [0.25, 0.3) is 11.8 Å². The van der Waals surface area contributed by atoms with Crippen molar-refractivity contribution in [2.45, 2.75) is 16.6 Å². The fourth-order valence-electron chi connectivity index (χ4n) is 3.36. The van der Waals surface area contributed by atoms with Gasteiger partial charge in [0.1, 0.15) is 30.0 Å². The minimum Gasteiger partial charge on any atom is -0.477 e. The van der Waals surface area contributed by atoms with E-state index in [4.69, 9.17) is 10.6 Å². The SMILES string of the molecule is CON=C(C(=O)NC1C(=O)N2C(C(=O)O)=C(CSc3nnnn3C)CS[C@@H]12)c1ccc(N)nc1. The summed E-state index contributed by atoms with van der Waals surface area (Å²) in [5, 5.41) is 27.3. The molecule has 2 atom stereocenters. The van der Waals surface area contributed by atoms with Gasteiger partial charge in [-0.15, -0.1) is 16.9 Å². The van der Waals surface area contributed by atoms with Crippen LogP contribution in [0.5, 0.6) is 0 Å². The number of aliphatic carboxylic acids is 1. The first kappa shape index (κ1) is 23.5. The van der Waals surface area contributed by atoms with Crippen LogP contribution < -0.4 is 11.1 Å². The molecule has 2 aliphatic heterocycles. The Labute approximate surface area is 201 Å². The number of carbonyl (C=O) groups excluding carboxylic acids is 2. The summed E-state index contributed by atoms with van der Waals surface area (Å²) in [4.78, 5) is 47.7. The van der Waals surface area contributed by atoms with Gasteiger partial charge >= 0.3 is 5.97 Å². The first-order valence-corrected chi connectivity index (χ1v) is 11.7. The number of nitrogens with two attached hydrogens (primary N) is 1. The lowest BCUT2D eigenvalue weighted by atomic mass is 10.0. The highest BCUT2D eigenvalue weighted by Gasteiger charge is 2.54. The number of rotatable bonds is 8. The largest absolute Gasteiger partial charge is 0.477 e. The molecule has 0 spiro atoms. The molecule has 0 radical (unpaired) electrons. The molecular weight excluding hydrogens is 486 g/mol. The van der Waals surface area contributed by atoms with E-state index in [9.17, 15) is 19.5 Å². The smallest absolute Gasteiger partial charge is 0.352 e. The molecule has 1 saturated heterocycles. The number of carboxylic acids is 1. The lowest BCUT2D eigenvalue weighted by Gasteiger charge is -2.49. The number of thioether (sulfide) groups is 2. The van der Waals surface area contributed by atoms with Gasteiger partial charge in [-0.1, -0.05) is 16.9 Å². The van der Waals surface area contributed by atoms with E-state index >= 15 is 0 Å². The Hall–Kier alpha value is -3.66. The maximum Gasteiger partial charge on any atom is 0.352 e. The van der Waals surface area contributed by atoms with Crippen LogP contribution in [0.15, 0.2) is 39.9 Å².